The first kappa shape index (κ1) is 20.3. The summed E-state index contributed by atoms with van der Waals surface area (Å²) in [5.41, 5.74) is 5.50. The molecule has 0 radical (unpaired) electrons. The molecule has 0 heterocycles. The predicted molar refractivity (Wildman–Crippen MR) is 108 cm³/mol. The molecule has 0 fully saturated rings. The second kappa shape index (κ2) is 9.20. The van der Waals surface area contributed by atoms with Gasteiger partial charge in [0.05, 0.1) is 4.92 Å². The molecule has 0 unspecified atom stereocenters. The Bertz CT molecular complexity index is 1090. The molecule has 0 aliphatic carbocycles. The van der Waals surface area contributed by atoms with Crippen LogP contribution in [0.2, 0.25) is 0 Å². The van der Waals surface area contributed by atoms with Crippen LogP contribution in [-0.2, 0) is 4.79 Å². The second-order valence-electron chi connectivity index (χ2n) is 6.11. The number of para-hydroxylation sites is 1. The van der Waals surface area contributed by atoms with Crippen LogP contribution in [0, 0.1) is 10.1 Å². The number of carbonyl (C=O) groups excluding carboxylic acids is 2. The standard InChI is InChI=1S/C21H17N3O6/c25-18-12-15(10-11-17(18)24(28)29)21(27)23-22-20(26)13-30-19-9-5-4-8-16(19)14-6-2-1-3-7-14/h1-12,25H,13H2,(H,22,26)(H,23,27). The molecule has 30 heavy (non-hydrogen) atoms. The van der Waals surface area contributed by atoms with Crippen LogP contribution in [0.3, 0.4) is 0 Å². The van der Waals surface area contributed by atoms with E-state index in [9.17, 15) is 24.8 Å². The third-order valence-corrected chi connectivity index (χ3v) is 4.08. The lowest BCUT2D eigenvalue weighted by Gasteiger charge is -2.12. The molecule has 0 saturated carbocycles. The molecular weight excluding hydrogens is 390 g/mol. The largest absolute Gasteiger partial charge is 0.502 e. The molecule has 0 atom stereocenters. The lowest BCUT2D eigenvalue weighted by molar-refractivity contribution is -0.385. The van der Waals surface area contributed by atoms with Gasteiger partial charge < -0.3 is 9.84 Å². The number of aromatic hydroxyl groups is 1. The van der Waals surface area contributed by atoms with Crippen molar-refractivity contribution in [1.29, 1.82) is 0 Å². The highest BCUT2D eigenvalue weighted by Crippen LogP contribution is 2.29. The maximum atomic E-state index is 12.0. The molecule has 3 N–H and O–H groups in total. The van der Waals surface area contributed by atoms with E-state index >= 15 is 0 Å². The van der Waals surface area contributed by atoms with Crippen molar-refractivity contribution in [2.45, 2.75) is 0 Å². The molecule has 0 spiro atoms. The molecule has 0 saturated heterocycles. The predicted octanol–water partition coefficient (Wildman–Crippen LogP) is 2.81. The van der Waals surface area contributed by atoms with Crippen molar-refractivity contribution >= 4 is 17.5 Å². The minimum absolute atomic E-state index is 0.0614. The van der Waals surface area contributed by atoms with Gasteiger partial charge in [-0.1, -0.05) is 48.5 Å². The van der Waals surface area contributed by atoms with Gasteiger partial charge in [-0.3, -0.25) is 30.6 Å². The molecule has 3 aromatic carbocycles. The van der Waals surface area contributed by atoms with Crippen molar-refractivity contribution in [1.82, 2.24) is 10.9 Å². The smallest absolute Gasteiger partial charge is 0.310 e. The maximum absolute atomic E-state index is 12.0. The van der Waals surface area contributed by atoms with Crippen molar-refractivity contribution < 1.29 is 24.4 Å². The van der Waals surface area contributed by atoms with Crippen LogP contribution in [0.4, 0.5) is 5.69 Å². The van der Waals surface area contributed by atoms with Gasteiger partial charge in [0.1, 0.15) is 5.75 Å². The quantitative estimate of drug-likeness (QED) is 0.425. The highest BCUT2D eigenvalue weighted by molar-refractivity contribution is 5.96. The number of carbonyl (C=O) groups is 2. The molecular formula is C21H17N3O6. The van der Waals surface area contributed by atoms with E-state index in [0.29, 0.717) is 5.75 Å². The molecule has 0 aromatic heterocycles. The molecule has 9 heteroatoms. The summed E-state index contributed by atoms with van der Waals surface area (Å²) in [4.78, 5) is 34.0. The molecule has 3 rings (SSSR count). The Morgan fingerprint density at radius 2 is 1.67 bits per heavy atom. The molecule has 152 valence electrons. The Kier molecular flexibility index (Phi) is 6.23. The van der Waals surface area contributed by atoms with Crippen molar-refractivity contribution in [2.75, 3.05) is 6.61 Å². The van der Waals surface area contributed by atoms with E-state index in [0.717, 1.165) is 29.3 Å². The number of nitro benzene ring substituents is 1. The average Bonchev–Trinajstić information content (AvgIpc) is 2.76. The third-order valence-electron chi connectivity index (χ3n) is 4.08. The number of hydrogen-bond donors (Lipinski definition) is 3. The first-order valence-corrected chi connectivity index (χ1v) is 8.79. The van der Waals surface area contributed by atoms with Crippen LogP contribution in [0.15, 0.2) is 72.8 Å². The summed E-state index contributed by atoms with van der Waals surface area (Å²) in [7, 11) is 0. The molecule has 0 aliphatic heterocycles. The number of nitrogens with one attached hydrogen (secondary N) is 2. The first-order chi connectivity index (χ1) is 14.5. The third kappa shape index (κ3) is 4.90. The van der Waals surface area contributed by atoms with Crippen LogP contribution < -0.4 is 15.6 Å². The highest BCUT2D eigenvalue weighted by atomic mass is 16.6. The van der Waals surface area contributed by atoms with Gasteiger partial charge in [-0.2, -0.15) is 0 Å². The summed E-state index contributed by atoms with van der Waals surface area (Å²) >= 11 is 0. The van der Waals surface area contributed by atoms with Gasteiger partial charge in [-0.05, 0) is 23.8 Å². The van der Waals surface area contributed by atoms with Crippen molar-refractivity contribution in [3.8, 4) is 22.6 Å². The van der Waals surface area contributed by atoms with E-state index in [4.69, 9.17) is 4.74 Å². The Morgan fingerprint density at radius 1 is 0.967 bits per heavy atom. The van der Waals surface area contributed by atoms with E-state index in [2.05, 4.69) is 10.9 Å². The zero-order valence-corrected chi connectivity index (χ0v) is 15.6. The van der Waals surface area contributed by atoms with Gasteiger partial charge >= 0.3 is 5.69 Å². The zero-order valence-electron chi connectivity index (χ0n) is 15.6. The molecule has 9 nitrogen and oxygen atoms in total. The number of benzene rings is 3. The van der Waals surface area contributed by atoms with E-state index in [1.807, 2.05) is 42.5 Å². The number of nitrogens with zero attached hydrogens (tertiary/aromatic N) is 1. The summed E-state index contributed by atoms with van der Waals surface area (Å²) in [5.74, 6) is -1.51. The summed E-state index contributed by atoms with van der Waals surface area (Å²) < 4.78 is 5.57. The van der Waals surface area contributed by atoms with Gasteiger partial charge in [0.25, 0.3) is 11.8 Å². The number of ether oxygens (including phenoxy) is 1. The van der Waals surface area contributed by atoms with E-state index in [1.54, 1.807) is 12.1 Å². The van der Waals surface area contributed by atoms with Gasteiger partial charge in [-0.25, -0.2) is 0 Å². The fraction of sp³-hybridized carbons (Fsp3) is 0.0476. The van der Waals surface area contributed by atoms with Gasteiger partial charge in [0, 0.05) is 17.2 Å². The lowest BCUT2D eigenvalue weighted by Crippen LogP contribution is -2.43. The maximum Gasteiger partial charge on any atom is 0.310 e. The molecule has 0 bridgehead atoms. The Hall–Kier alpha value is -4.40. The first-order valence-electron chi connectivity index (χ1n) is 8.79. The van der Waals surface area contributed by atoms with Crippen molar-refractivity contribution in [3.63, 3.8) is 0 Å². The summed E-state index contributed by atoms with van der Waals surface area (Å²) in [6.07, 6.45) is 0. The van der Waals surface area contributed by atoms with Gasteiger partial charge in [0.15, 0.2) is 12.4 Å². The molecule has 0 aliphatic rings. The van der Waals surface area contributed by atoms with Crippen molar-refractivity contribution in [3.05, 3.63) is 88.5 Å². The number of hydrazine groups is 1. The van der Waals surface area contributed by atoms with Gasteiger partial charge in [0.2, 0.25) is 0 Å². The SMILES string of the molecule is O=C(COc1ccccc1-c1ccccc1)NNC(=O)c1ccc([N+](=O)[O-])c(O)c1. The van der Waals surface area contributed by atoms with Crippen LogP contribution in [0.25, 0.3) is 11.1 Å². The monoisotopic (exact) mass is 407 g/mol. The minimum atomic E-state index is -0.774. The molecule has 3 aromatic rings. The molecule has 2 amide bonds. The fourth-order valence-electron chi connectivity index (χ4n) is 2.65. The summed E-state index contributed by atoms with van der Waals surface area (Å²) in [5, 5.41) is 20.3. The Labute approximate surface area is 171 Å². The summed E-state index contributed by atoms with van der Waals surface area (Å²) in [6.45, 7) is -0.352. The number of phenolic OH excluding ortho intramolecular Hbond substituents is 1. The van der Waals surface area contributed by atoms with E-state index in [-0.39, 0.29) is 12.2 Å². The number of rotatable bonds is 6. The van der Waals surface area contributed by atoms with Crippen LogP contribution in [-0.4, -0.2) is 28.5 Å². The van der Waals surface area contributed by atoms with E-state index in [1.165, 1.54) is 0 Å². The number of amides is 2. The highest BCUT2D eigenvalue weighted by Gasteiger charge is 2.16. The van der Waals surface area contributed by atoms with Crippen molar-refractivity contribution in [2.24, 2.45) is 0 Å². The topological polar surface area (TPSA) is 131 Å². The zero-order chi connectivity index (χ0) is 21.5. The second-order valence-corrected chi connectivity index (χ2v) is 6.11. The van der Waals surface area contributed by atoms with Crippen LogP contribution >= 0.6 is 0 Å². The number of nitro groups is 1. The fourth-order valence-corrected chi connectivity index (χ4v) is 2.65. The number of phenols is 1. The van der Waals surface area contributed by atoms with E-state index < -0.39 is 28.2 Å². The minimum Gasteiger partial charge on any atom is -0.502 e. The Morgan fingerprint density at radius 3 is 2.37 bits per heavy atom. The van der Waals surface area contributed by atoms with Crippen LogP contribution in [0.5, 0.6) is 11.5 Å². The normalized spacial score (nSPS) is 10.1. The average molecular weight is 407 g/mol. The van der Waals surface area contributed by atoms with Crippen LogP contribution in [0.1, 0.15) is 10.4 Å². The lowest BCUT2D eigenvalue weighted by atomic mass is 10.1. The number of hydrogen-bond acceptors (Lipinski definition) is 6. The summed E-state index contributed by atoms with van der Waals surface area (Å²) in [6, 6.07) is 19.8. The Balaban J connectivity index is 1.57. The van der Waals surface area contributed by atoms with Gasteiger partial charge in [-0.15, -0.1) is 0 Å².